The van der Waals surface area contributed by atoms with Crippen molar-refractivity contribution in [3.05, 3.63) is 150 Å². The first-order chi connectivity index (χ1) is 21.2. The standard InChI is InChI=1S/C38H23N3O2/c42-37-29-14-6-9-17-34(29)41(25-10-2-1-3-11-25)35-23-31-36(22-30(35)37)43-38(39-31)24-18-20-26(21-19-24)40-32-15-7-4-12-27(32)28-13-5-8-16-33(28)40/h1-23H. The Morgan fingerprint density at radius 2 is 1.02 bits per heavy atom. The van der Waals surface area contributed by atoms with Gasteiger partial charge in [-0.25, -0.2) is 4.98 Å². The van der Waals surface area contributed by atoms with Gasteiger partial charge >= 0.3 is 0 Å². The van der Waals surface area contributed by atoms with Crippen LogP contribution in [0.25, 0.3) is 77.5 Å². The van der Waals surface area contributed by atoms with Gasteiger partial charge in [0.2, 0.25) is 5.89 Å². The number of rotatable bonds is 3. The van der Waals surface area contributed by atoms with Crippen molar-refractivity contribution in [2.24, 2.45) is 0 Å². The molecule has 0 aliphatic carbocycles. The lowest BCUT2D eigenvalue weighted by Gasteiger charge is -2.15. The molecule has 0 unspecified atom stereocenters. The molecular formula is C38H23N3O2. The van der Waals surface area contributed by atoms with Gasteiger partial charge in [0.25, 0.3) is 0 Å². The van der Waals surface area contributed by atoms with E-state index in [9.17, 15) is 4.79 Å². The van der Waals surface area contributed by atoms with Crippen molar-refractivity contribution < 1.29 is 4.42 Å². The first kappa shape index (κ1) is 23.7. The summed E-state index contributed by atoms with van der Waals surface area (Å²) in [4.78, 5) is 18.5. The maximum Gasteiger partial charge on any atom is 0.227 e. The quantitative estimate of drug-likeness (QED) is 0.205. The largest absolute Gasteiger partial charge is 0.436 e. The van der Waals surface area contributed by atoms with E-state index in [2.05, 4.69) is 69.8 Å². The van der Waals surface area contributed by atoms with Crippen LogP contribution in [0.3, 0.4) is 0 Å². The van der Waals surface area contributed by atoms with Crippen LogP contribution in [0.4, 0.5) is 0 Å². The van der Waals surface area contributed by atoms with E-state index in [1.54, 1.807) is 0 Å². The van der Waals surface area contributed by atoms with E-state index in [1.807, 2.05) is 78.9 Å². The highest BCUT2D eigenvalue weighted by Crippen LogP contribution is 2.34. The van der Waals surface area contributed by atoms with Crippen LogP contribution in [-0.4, -0.2) is 14.1 Å². The highest BCUT2D eigenvalue weighted by atomic mass is 16.3. The fraction of sp³-hybridized carbons (Fsp3) is 0. The Balaban J connectivity index is 1.21. The summed E-state index contributed by atoms with van der Waals surface area (Å²) in [7, 11) is 0. The summed E-state index contributed by atoms with van der Waals surface area (Å²) in [5.41, 5.74) is 8.16. The lowest BCUT2D eigenvalue weighted by molar-refractivity contribution is 0.620. The summed E-state index contributed by atoms with van der Waals surface area (Å²) in [6.45, 7) is 0. The Hall–Kier alpha value is -5.94. The third-order valence-corrected chi connectivity index (χ3v) is 8.35. The van der Waals surface area contributed by atoms with E-state index < -0.39 is 0 Å². The van der Waals surface area contributed by atoms with Crippen LogP contribution < -0.4 is 5.43 Å². The number of fused-ring (bicyclic) bond motifs is 6. The number of pyridine rings is 1. The second-order valence-corrected chi connectivity index (χ2v) is 10.8. The van der Waals surface area contributed by atoms with E-state index in [4.69, 9.17) is 9.40 Å². The van der Waals surface area contributed by atoms with Gasteiger partial charge in [0.15, 0.2) is 11.0 Å². The fourth-order valence-electron chi connectivity index (χ4n) is 6.40. The average Bonchev–Trinajstić information content (AvgIpc) is 3.64. The number of oxazole rings is 1. The summed E-state index contributed by atoms with van der Waals surface area (Å²) in [5, 5.41) is 3.72. The highest BCUT2D eigenvalue weighted by Gasteiger charge is 2.17. The SMILES string of the molecule is O=c1c2ccccc2n(-c2ccccc2)c2cc3nc(-c4ccc(-n5c6ccccc6c6ccccc65)cc4)oc3cc12. The van der Waals surface area contributed by atoms with Gasteiger partial charge < -0.3 is 13.6 Å². The Kier molecular flexibility index (Phi) is 4.98. The molecule has 3 aromatic heterocycles. The van der Waals surface area contributed by atoms with Crippen molar-refractivity contribution in [2.75, 3.05) is 0 Å². The molecule has 9 aromatic rings. The molecule has 5 heteroatoms. The molecule has 43 heavy (non-hydrogen) atoms. The van der Waals surface area contributed by atoms with Gasteiger partial charge in [0.05, 0.1) is 27.5 Å². The van der Waals surface area contributed by atoms with Crippen molar-refractivity contribution in [1.29, 1.82) is 0 Å². The number of hydrogen-bond donors (Lipinski definition) is 0. The maximum atomic E-state index is 13.7. The monoisotopic (exact) mass is 553 g/mol. The van der Waals surface area contributed by atoms with Crippen molar-refractivity contribution >= 4 is 54.7 Å². The molecule has 3 heterocycles. The summed E-state index contributed by atoms with van der Waals surface area (Å²) in [5.74, 6) is 0.516. The van der Waals surface area contributed by atoms with Gasteiger partial charge in [-0.3, -0.25) is 4.79 Å². The van der Waals surface area contributed by atoms with Crippen LogP contribution in [0.5, 0.6) is 0 Å². The maximum absolute atomic E-state index is 13.7. The lowest BCUT2D eigenvalue weighted by atomic mass is 10.1. The molecule has 0 aliphatic heterocycles. The van der Waals surface area contributed by atoms with E-state index in [-0.39, 0.29) is 5.43 Å². The Bertz CT molecular complexity index is 2520. The number of hydrogen-bond acceptors (Lipinski definition) is 3. The molecule has 6 aromatic carbocycles. The van der Waals surface area contributed by atoms with Gasteiger partial charge in [-0.15, -0.1) is 0 Å². The molecule has 5 nitrogen and oxygen atoms in total. The van der Waals surface area contributed by atoms with Crippen LogP contribution in [0.1, 0.15) is 0 Å². The van der Waals surface area contributed by atoms with Gasteiger partial charge in [-0.05, 0) is 72.8 Å². The minimum absolute atomic E-state index is 0.0202. The first-order valence-corrected chi connectivity index (χ1v) is 14.3. The number of nitrogens with zero attached hydrogens (tertiary/aromatic N) is 3. The highest BCUT2D eigenvalue weighted by molar-refractivity contribution is 6.09. The summed E-state index contributed by atoms with van der Waals surface area (Å²) >= 11 is 0. The molecule has 0 fully saturated rings. The molecule has 0 atom stereocenters. The molecule has 0 saturated heterocycles. The lowest BCUT2D eigenvalue weighted by Crippen LogP contribution is -2.10. The molecule has 0 N–H and O–H groups in total. The van der Waals surface area contributed by atoms with Crippen LogP contribution >= 0.6 is 0 Å². The minimum atomic E-state index is -0.0202. The first-order valence-electron chi connectivity index (χ1n) is 14.3. The number of aromatic nitrogens is 3. The zero-order valence-corrected chi connectivity index (χ0v) is 22.9. The van der Waals surface area contributed by atoms with Gasteiger partial charge in [-0.2, -0.15) is 0 Å². The van der Waals surface area contributed by atoms with Crippen molar-refractivity contribution in [3.63, 3.8) is 0 Å². The average molecular weight is 554 g/mol. The fourth-order valence-corrected chi connectivity index (χ4v) is 6.40. The Morgan fingerprint density at radius 1 is 0.488 bits per heavy atom. The Labute approximate surface area is 245 Å². The molecule has 0 aliphatic rings. The minimum Gasteiger partial charge on any atom is -0.436 e. The van der Waals surface area contributed by atoms with Crippen LogP contribution in [0.2, 0.25) is 0 Å². The van der Waals surface area contributed by atoms with Gasteiger partial charge in [0.1, 0.15) is 5.52 Å². The summed E-state index contributed by atoms with van der Waals surface area (Å²) < 4.78 is 10.7. The Morgan fingerprint density at radius 3 is 1.70 bits per heavy atom. The molecule has 0 spiro atoms. The second kappa shape index (κ2) is 9.03. The van der Waals surface area contributed by atoms with E-state index in [1.165, 1.54) is 10.8 Å². The predicted octanol–water partition coefficient (Wildman–Crippen LogP) is 9.05. The van der Waals surface area contributed by atoms with E-state index in [0.717, 1.165) is 39.0 Å². The molecule has 0 radical (unpaired) electrons. The topological polar surface area (TPSA) is 53.0 Å². The zero-order chi connectivity index (χ0) is 28.5. The third kappa shape index (κ3) is 3.52. The molecule has 202 valence electrons. The molecule has 0 amide bonds. The summed E-state index contributed by atoms with van der Waals surface area (Å²) in [6.07, 6.45) is 0. The molecule has 9 rings (SSSR count). The van der Waals surface area contributed by atoms with Crippen LogP contribution in [-0.2, 0) is 0 Å². The molecule has 0 bridgehead atoms. The number of para-hydroxylation sites is 4. The third-order valence-electron chi connectivity index (χ3n) is 8.35. The molecule has 0 saturated carbocycles. The number of benzene rings is 6. The van der Waals surface area contributed by atoms with E-state index in [0.29, 0.717) is 27.8 Å². The van der Waals surface area contributed by atoms with Gasteiger partial charge in [-0.1, -0.05) is 66.7 Å². The second-order valence-electron chi connectivity index (χ2n) is 10.8. The van der Waals surface area contributed by atoms with E-state index >= 15 is 0 Å². The van der Waals surface area contributed by atoms with Crippen LogP contribution in [0.15, 0.2) is 149 Å². The zero-order valence-electron chi connectivity index (χ0n) is 22.9. The summed E-state index contributed by atoms with van der Waals surface area (Å²) in [6, 6.07) is 46.9. The normalized spacial score (nSPS) is 11.8. The van der Waals surface area contributed by atoms with Crippen molar-refractivity contribution in [2.45, 2.75) is 0 Å². The van der Waals surface area contributed by atoms with Crippen molar-refractivity contribution in [1.82, 2.24) is 14.1 Å². The van der Waals surface area contributed by atoms with Gasteiger partial charge in [0, 0.05) is 33.1 Å². The predicted molar refractivity (Wildman–Crippen MR) is 174 cm³/mol. The molecular weight excluding hydrogens is 530 g/mol. The smallest absolute Gasteiger partial charge is 0.227 e. The van der Waals surface area contributed by atoms with Crippen molar-refractivity contribution in [3.8, 4) is 22.8 Å². The van der Waals surface area contributed by atoms with Crippen LogP contribution in [0, 0.1) is 0 Å².